The molecule has 6 nitrogen and oxygen atoms in total. The first-order valence-electron chi connectivity index (χ1n) is 6.68. The zero-order valence-corrected chi connectivity index (χ0v) is 13.0. The topological polar surface area (TPSA) is 91.2 Å². The molecule has 0 saturated carbocycles. The fourth-order valence-corrected chi connectivity index (χ4v) is 1.81. The van der Waals surface area contributed by atoms with E-state index in [0.29, 0.717) is 16.3 Å². The van der Waals surface area contributed by atoms with Crippen LogP contribution in [0.1, 0.15) is 11.1 Å². The number of hydrogen-bond donors (Lipinski definition) is 3. The number of hydrogen-bond acceptors (Lipinski definition) is 5. The Morgan fingerprint density at radius 2 is 2.04 bits per heavy atom. The Balaban J connectivity index is 1.83. The lowest BCUT2D eigenvalue weighted by atomic mass is 10.2. The van der Waals surface area contributed by atoms with Gasteiger partial charge in [0.25, 0.3) is 5.91 Å². The minimum atomic E-state index is -0.433. The maximum Gasteiger partial charge on any atom is 0.277 e. The summed E-state index contributed by atoms with van der Waals surface area (Å²) in [5, 5.41) is 22.9. The Morgan fingerprint density at radius 1 is 1.26 bits per heavy atom. The van der Waals surface area contributed by atoms with Gasteiger partial charge in [-0.05, 0) is 54.4 Å². The second kappa shape index (κ2) is 7.51. The number of rotatable bonds is 5. The summed E-state index contributed by atoms with van der Waals surface area (Å²) < 4.78 is 5.32. The van der Waals surface area contributed by atoms with Crippen LogP contribution >= 0.6 is 11.6 Å². The highest BCUT2D eigenvalue weighted by atomic mass is 35.5. The number of benzene rings is 2. The van der Waals surface area contributed by atoms with E-state index in [0.717, 1.165) is 5.56 Å². The molecule has 2 aromatic rings. The van der Waals surface area contributed by atoms with E-state index in [9.17, 15) is 15.0 Å². The predicted octanol–water partition coefficient (Wildman–Crippen LogP) is 2.59. The zero-order chi connectivity index (χ0) is 16.8. The molecule has 0 aliphatic carbocycles. The van der Waals surface area contributed by atoms with Crippen LogP contribution in [0.4, 0.5) is 0 Å². The van der Waals surface area contributed by atoms with Crippen molar-refractivity contribution in [2.24, 2.45) is 5.10 Å². The van der Waals surface area contributed by atoms with E-state index in [1.165, 1.54) is 24.4 Å². The molecule has 0 spiro atoms. The zero-order valence-electron chi connectivity index (χ0n) is 12.3. The molecule has 0 fully saturated rings. The molecular formula is C16H15ClN2O4. The van der Waals surface area contributed by atoms with Gasteiger partial charge in [0, 0.05) is 5.02 Å². The first kappa shape index (κ1) is 16.6. The van der Waals surface area contributed by atoms with Gasteiger partial charge >= 0.3 is 0 Å². The van der Waals surface area contributed by atoms with Gasteiger partial charge in [0.05, 0.1) is 6.21 Å². The summed E-state index contributed by atoms with van der Waals surface area (Å²) in [7, 11) is 0. The van der Waals surface area contributed by atoms with Gasteiger partial charge in [-0.25, -0.2) is 5.43 Å². The van der Waals surface area contributed by atoms with Crippen LogP contribution in [0.15, 0.2) is 41.5 Å². The molecule has 1 amide bonds. The second-order valence-electron chi connectivity index (χ2n) is 4.74. The molecule has 0 heterocycles. The number of carbonyl (C=O) groups excluding carboxylic acids is 1. The third kappa shape index (κ3) is 4.89. The standard InChI is InChI=1S/C16H15ClN2O4/c1-10-6-12(3-4-13(10)17)23-9-16(22)19-18-8-11-2-5-14(20)15(21)7-11/h2-8,20-21H,9H2,1H3,(H,19,22)/b18-8+. The highest BCUT2D eigenvalue weighted by Crippen LogP contribution is 2.24. The lowest BCUT2D eigenvalue weighted by Crippen LogP contribution is -2.24. The van der Waals surface area contributed by atoms with Gasteiger partial charge in [0.15, 0.2) is 18.1 Å². The Bertz CT molecular complexity index is 747. The van der Waals surface area contributed by atoms with Gasteiger partial charge in [-0.15, -0.1) is 0 Å². The van der Waals surface area contributed by atoms with Gasteiger partial charge < -0.3 is 14.9 Å². The fourth-order valence-electron chi connectivity index (χ4n) is 1.69. The van der Waals surface area contributed by atoms with Gasteiger partial charge in [0.1, 0.15) is 5.75 Å². The first-order valence-corrected chi connectivity index (χ1v) is 7.06. The van der Waals surface area contributed by atoms with E-state index < -0.39 is 5.91 Å². The van der Waals surface area contributed by atoms with Crippen molar-refractivity contribution in [3.05, 3.63) is 52.5 Å². The lowest BCUT2D eigenvalue weighted by Gasteiger charge is -2.06. The summed E-state index contributed by atoms with van der Waals surface area (Å²) in [5.41, 5.74) is 3.68. The van der Waals surface area contributed by atoms with Crippen molar-refractivity contribution in [3.63, 3.8) is 0 Å². The van der Waals surface area contributed by atoms with Crippen molar-refractivity contribution < 1.29 is 19.7 Å². The molecular weight excluding hydrogens is 320 g/mol. The Hall–Kier alpha value is -2.73. The minimum Gasteiger partial charge on any atom is -0.504 e. The molecule has 7 heteroatoms. The molecule has 0 aromatic heterocycles. The number of phenolic OH excluding ortho intramolecular Hbond substituents is 2. The van der Waals surface area contributed by atoms with Gasteiger partial charge in [-0.1, -0.05) is 11.6 Å². The number of nitrogens with one attached hydrogen (secondary N) is 1. The Labute approximate surface area is 138 Å². The van der Waals surface area contributed by atoms with Crippen LogP contribution in [-0.2, 0) is 4.79 Å². The summed E-state index contributed by atoms with van der Waals surface area (Å²) in [6, 6.07) is 9.28. The van der Waals surface area contributed by atoms with Crippen LogP contribution in [0.25, 0.3) is 0 Å². The fraction of sp³-hybridized carbons (Fsp3) is 0.125. The van der Waals surface area contributed by atoms with Gasteiger partial charge in [0.2, 0.25) is 0 Å². The van der Waals surface area contributed by atoms with E-state index in [-0.39, 0.29) is 18.1 Å². The molecule has 0 radical (unpaired) electrons. The van der Waals surface area contributed by atoms with Crippen molar-refractivity contribution in [2.45, 2.75) is 6.92 Å². The second-order valence-corrected chi connectivity index (χ2v) is 5.15. The third-order valence-electron chi connectivity index (χ3n) is 2.90. The van der Waals surface area contributed by atoms with Gasteiger partial charge in [-0.3, -0.25) is 4.79 Å². The van der Waals surface area contributed by atoms with Crippen LogP contribution in [0.2, 0.25) is 5.02 Å². The molecule has 0 bridgehead atoms. The average Bonchev–Trinajstić information content (AvgIpc) is 2.52. The Kier molecular flexibility index (Phi) is 5.43. The number of aromatic hydroxyl groups is 2. The van der Waals surface area contributed by atoms with Crippen molar-refractivity contribution >= 4 is 23.7 Å². The van der Waals surface area contributed by atoms with E-state index >= 15 is 0 Å². The number of ether oxygens (including phenoxy) is 1. The largest absolute Gasteiger partial charge is 0.504 e. The molecule has 2 rings (SSSR count). The number of carbonyl (C=O) groups is 1. The van der Waals surface area contributed by atoms with Crippen LogP contribution in [0.5, 0.6) is 17.2 Å². The monoisotopic (exact) mass is 334 g/mol. The highest BCUT2D eigenvalue weighted by molar-refractivity contribution is 6.31. The molecule has 0 aliphatic rings. The van der Waals surface area contributed by atoms with Crippen molar-refractivity contribution in [3.8, 4) is 17.2 Å². The summed E-state index contributed by atoms with van der Waals surface area (Å²) in [4.78, 5) is 11.6. The first-order chi connectivity index (χ1) is 11.0. The van der Waals surface area contributed by atoms with Crippen molar-refractivity contribution in [1.82, 2.24) is 5.43 Å². The van der Waals surface area contributed by atoms with Crippen molar-refractivity contribution in [1.29, 1.82) is 0 Å². The predicted molar refractivity (Wildman–Crippen MR) is 87.2 cm³/mol. The molecule has 2 aromatic carbocycles. The van der Waals surface area contributed by atoms with Crippen LogP contribution < -0.4 is 10.2 Å². The molecule has 3 N–H and O–H groups in total. The number of phenols is 2. The average molecular weight is 335 g/mol. The van der Waals surface area contributed by atoms with Crippen molar-refractivity contribution in [2.75, 3.05) is 6.61 Å². The molecule has 0 atom stereocenters. The van der Waals surface area contributed by atoms with E-state index in [1.807, 2.05) is 6.92 Å². The summed E-state index contributed by atoms with van der Waals surface area (Å²) >= 11 is 5.90. The summed E-state index contributed by atoms with van der Waals surface area (Å²) in [5.74, 6) is -0.383. The maximum atomic E-state index is 11.6. The number of halogens is 1. The molecule has 0 aliphatic heterocycles. The number of aryl methyl sites for hydroxylation is 1. The number of amides is 1. The summed E-state index contributed by atoms with van der Waals surface area (Å²) in [6.07, 6.45) is 1.34. The Morgan fingerprint density at radius 3 is 2.74 bits per heavy atom. The smallest absolute Gasteiger partial charge is 0.277 e. The van der Waals surface area contributed by atoms with Crippen LogP contribution in [-0.4, -0.2) is 28.9 Å². The molecule has 23 heavy (non-hydrogen) atoms. The number of nitrogens with zero attached hydrogens (tertiary/aromatic N) is 1. The quantitative estimate of drug-likeness (QED) is 0.445. The minimum absolute atomic E-state index is 0.195. The molecule has 0 saturated heterocycles. The third-order valence-corrected chi connectivity index (χ3v) is 3.33. The summed E-state index contributed by atoms with van der Waals surface area (Å²) in [6.45, 7) is 1.64. The lowest BCUT2D eigenvalue weighted by molar-refractivity contribution is -0.123. The highest BCUT2D eigenvalue weighted by Gasteiger charge is 2.03. The maximum absolute atomic E-state index is 11.6. The van der Waals surface area contributed by atoms with Gasteiger partial charge in [-0.2, -0.15) is 5.10 Å². The normalized spacial score (nSPS) is 10.7. The van der Waals surface area contributed by atoms with Crippen LogP contribution in [0, 0.1) is 6.92 Å². The van der Waals surface area contributed by atoms with E-state index in [1.54, 1.807) is 18.2 Å². The molecule has 0 unspecified atom stereocenters. The van der Waals surface area contributed by atoms with E-state index in [2.05, 4.69) is 10.5 Å². The molecule has 120 valence electrons. The van der Waals surface area contributed by atoms with E-state index in [4.69, 9.17) is 16.3 Å². The number of hydrazone groups is 1. The van der Waals surface area contributed by atoms with Crippen LogP contribution in [0.3, 0.4) is 0 Å². The SMILES string of the molecule is Cc1cc(OCC(=O)N/N=C/c2ccc(O)c(O)c2)ccc1Cl.